The van der Waals surface area contributed by atoms with Crippen LogP contribution in [0.3, 0.4) is 0 Å². The van der Waals surface area contributed by atoms with Crippen LogP contribution >= 0.6 is 15.9 Å². The van der Waals surface area contributed by atoms with Crippen LogP contribution in [-0.2, 0) is 17.7 Å². The molecule has 0 spiro atoms. The number of nitrogens with one attached hydrogen (secondary N) is 1. The Balaban J connectivity index is 2.44. The van der Waals surface area contributed by atoms with Crippen LogP contribution in [0, 0.1) is 0 Å². The molecule has 2 heterocycles. The van der Waals surface area contributed by atoms with Gasteiger partial charge in [-0.1, -0.05) is 13.0 Å². The van der Waals surface area contributed by atoms with Crippen molar-refractivity contribution in [2.45, 2.75) is 25.9 Å². The van der Waals surface area contributed by atoms with Gasteiger partial charge in [-0.05, 0) is 34.0 Å². The molecular weight excluding hydrogens is 334 g/mol. The molecule has 1 unspecified atom stereocenters. The lowest BCUT2D eigenvalue weighted by atomic mass is 10.0. The Hall–Kier alpha value is -1.28. The molecule has 0 aromatic carbocycles. The highest BCUT2D eigenvalue weighted by Gasteiger charge is 2.23. The van der Waals surface area contributed by atoms with Gasteiger partial charge in [0.25, 0.3) is 0 Å². The second-order valence-electron chi connectivity index (χ2n) is 4.59. The first-order valence-corrected chi connectivity index (χ1v) is 7.62. The number of hydrazine groups is 1. The van der Waals surface area contributed by atoms with Crippen LogP contribution in [0.15, 0.2) is 29.0 Å². The van der Waals surface area contributed by atoms with E-state index in [1.54, 1.807) is 19.5 Å². The van der Waals surface area contributed by atoms with Gasteiger partial charge in [0.15, 0.2) is 0 Å². The zero-order chi connectivity index (χ0) is 15.2. The van der Waals surface area contributed by atoms with E-state index in [-0.39, 0.29) is 6.04 Å². The van der Waals surface area contributed by atoms with Crippen molar-refractivity contribution >= 4 is 15.9 Å². The summed E-state index contributed by atoms with van der Waals surface area (Å²) < 4.78 is 7.91. The fourth-order valence-corrected chi connectivity index (χ4v) is 2.84. The number of methoxy groups -OCH3 is 1. The first kappa shape index (κ1) is 16.1. The van der Waals surface area contributed by atoms with Crippen LogP contribution in [-0.4, -0.2) is 28.5 Å². The van der Waals surface area contributed by atoms with Crippen molar-refractivity contribution in [2.24, 2.45) is 5.84 Å². The molecule has 0 fully saturated rings. The van der Waals surface area contributed by atoms with Gasteiger partial charge in [0.1, 0.15) is 6.04 Å². The summed E-state index contributed by atoms with van der Waals surface area (Å²) in [5.74, 6) is 5.80. The van der Waals surface area contributed by atoms with Crippen molar-refractivity contribution in [1.29, 1.82) is 0 Å². The number of nitrogens with two attached hydrogens (primary N) is 1. The zero-order valence-corrected chi connectivity index (χ0v) is 13.8. The normalized spacial score (nSPS) is 12.6. The van der Waals surface area contributed by atoms with E-state index in [1.165, 1.54) is 0 Å². The minimum atomic E-state index is -0.227. The Morgan fingerprint density at radius 2 is 2.33 bits per heavy atom. The van der Waals surface area contributed by atoms with E-state index in [9.17, 15) is 0 Å². The van der Waals surface area contributed by atoms with Gasteiger partial charge in [0.05, 0.1) is 35.2 Å². The average Bonchev–Trinajstić information content (AvgIpc) is 2.88. The van der Waals surface area contributed by atoms with Crippen LogP contribution < -0.4 is 11.3 Å². The second-order valence-corrected chi connectivity index (χ2v) is 5.45. The van der Waals surface area contributed by atoms with Crippen molar-refractivity contribution in [1.82, 2.24) is 20.2 Å². The molecule has 2 rings (SSSR count). The lowest BCUT2D eigenvalue weighted by molar-refractivity contribution is 0.182. The molecule has 1 atom stereocenters. The van der Waals surface area contributed by atoms with Gasteiger partial charge in [0.2, 0.25) is 0 Å². The number of rotatable bonds is 7. The summed E-state index contributed by atoms with van der Waals surface area (Å²) >= 11 is 3.55. The summed E-state index contributed by atoms with van der Waals surface area (Å²) in [4.78, 5) is 4.50. The number of nitrogens with zero attached hydrogens (tertiary/aromatic N) is 3. The SMILES string of the molecule is CCc1cccnc1C(NN)c1c(Br)cnn1CCOC. The minimum Gasteiger partial charge on any atom is -0.383 e. The molecule has 114 valence electrons. The highest BCUT2D eigenvalue weighted by atomic mass is 79.9. The van der Waals surface area contributed by atoms with Gasteiger partial charge in [-0.3, -0.25) is 15.5 Å². The molecule has 0 aliphatic heterocycles. The summed E-state index contributed by atoms with van der Waals surface area (Å²) in [6, 6.07) is 3.78. The van der Waals surface area contributed by atoms with Gasteiger partial charge in [0, 0.05) is 13.3 Å². The molecule has 6 nitrogen and oxygen atoms in total. The number of hydrogen-bond donors (Lipinski definition) is 2. The Kier molecular flexibility index (Phi) is 5.86. The summed E-state index contributed by atoms with van der Waals surface area (Å²) in [6.45, 7) is 3.34. The molecule has 0 amide bonds. The average molecular weight is 354 g/mol. The van der Waals surface area contributed by atoms with Gasteiger partial charge in [-0.15, -0.1) is 0 Å². The van der Waals surface area contributed by atoms with E-state index in [2.05, 4.69) is 44.4 Å². The molecule has 21 heavy (non-hydrogen) atoms. The van der Waals surface area contributed by atoms with Crippen molar-refractivity contribution in [2.75, 3.05) is 13.7 Å². The molecule has 0 radical (unpaired) electrons. The molecule has 2 aromatic heterocycles. The third-order valence-corrected chi connectivity index (χ3v) is 3.97. The van der Waals surface area contributed by atoms with Crippen molar-refractivity contribution in [3.8, 4) is 0 Å². The summed E-state index contributed by atoms with van der Waals surface area (Å²) in [7, 11) is 1.67. The summed E-state index contributed by atoms with van der Waals surface area (Å²) in [6.07, 6.45) is 4.44. The molecule has 2 aromatic rings. The molecule has 0 saturated heterocycles. The lowest BCUT2D eigenvalue weighted by Gasteiger charge is -2.20. The van der Waals surface area contributed by atoms with E-state index in [4.69, 9.17) is 10.6 Å². The van der Waals surface area contributed by atoms with Crippen molar-refractivity contribution < 1.29 is 4.74 Å². The van der Waals surface area contributed by atoms with E-state index in [1.807, 2.05) is 10.7 Å². The maximum absolute atomic E-state index is 5.80. The summed E-state index contributed by atoms with van der Waals surface area (Å²) in [5, 5.41) is 4.37. The molecule has 0 saturated carbocycles. The van der Waals surface area contributed by atoms with Crippen LogP contribution in [0.1, 0.15) is 29.9 Å². The highest BCUT2D eigenvalue weighted by Crippen LogP contribution is 2.29. The first-order valence-electron chi connectivity index (χ1n) is 6.83. The van der Waals surface area contributed by atoms with Gasteiger partial charge < -0.3 is 4.74 Å². The largest absolute Gasteiger partial charge is 0.383 e. The third-order valence-electron chi connectivity index (χ3n) is 3.36. The van der Waals surface area contributed by atoms with Crippen molar-refractivity contribution in [3.63, 3.8) is 0 Å². The lowest BCUT2D eigenvalue weighted by Crippen LogP contribution is -2.32. The first-order chi connectivity index (χ1) is 10.2. The Morgan fingerprint density at radius 3 is 3.00 bits per heavy atom. The topological polar surface area (TPSA) is 78.0 Å². The molecule has 0 aliphatic carbocycles. The monoisotopic (exact) mass is 353 g/mol. The minimum absolute atomic E-state index is 0.227. The zero-order valence-electron chi connectivity index (χ0n) is 12.2. The maximum Gasteiger partial charge on any atom is 0.106 e. The number of ether oxygens (including phenoxy) is 1. The summed E-state index contributed by atoms with van der Waals surface area (Å²) in [5.41, 5.74) is 5.88. The Labute approximate surface area is 132 Å². The second kappa shape index (κ2) is 7.65. The molecular formula is C14H20BrN5O. The van der Waals surface area contributed by atoms with E-state index < -0.39 is 0 Å². The van der Waals surface area contributed by atoms with Gasteiger partial charge >= 0.3 is 0 Å². The van der Waals surface area contributed by atoms with Crippen LogP contribution in [0.2, 0.25) is 0 Å². The van der Waals surface area contributed by atoms with E-state index in [0.29, 0.717) is 13.2 Å². The fraction of sp³-hybridized carbons (Fsp3) is 0.429. The van der Waals surface area contributed by atoms with Crippen molar-refractivity contribution in [3.05, 3.63) is 46.0 Å². The number of halogens is 1. The Morgan fingerprint density at radius 1 is 1.52 bits per heavy atom. The number of hydrogen-bond acceptors (Lipinski definition) is 5. The number of aryl methyl sites for hydroxylation is 1. The van der Waals surface area contributed by atoms with Gasteiger partial charge in [-0.25, -0.2) is 5.43 Å². The number of aromatic nitrogens is 3. The van der Waals surface area contributed by atoms with Gasteiger partial charge in [-0.2, -0.15) is 5.10 Å². The van der Waals surface area contributed by atoms with Crippen LogP contribution in [0.4, 0.5) is 0 Å². The Bertz CT molecular complexity index is 586. The quantitative estimate of drug-likeness (QED) is 0.586. The van der Waals surface area contributed by atoms with E-state index in [0.717, 1.165) is 27.8 Å². The van der Waals surface area contributed by atoms with Crippen LogP contribution in [0.5, 0.6) is 0 Å². The number of pyridine rings is 1. The predicted octanol–water partition coefficient (Wildman–Crippen LogP) is 1.80. The highest BCUT2D eigenvalue weighted by molar-refractivity contribution is 9.10. The van der Waals surface area contributed by atoms with E-state index >= 15 is 0 Å². The fourth-order valence-electron chi connectivity index (χ4n) is 2.31. The predicted molar refractivity (Wildman–Crippen MR) is 84.6 cm³/mol. The molecule has 7 heteroatoms. The molecule has 0 bridgehead atoms. The third kappa shape index (κ3) is 3.49. The van der Waals surface area contributed by atoms with Crippen LogP contribution in [0.25, 0.3) is 0 Å². The standard InChI is InChI=1S/C14H20BrN5O/c1-3-10-5-4-6-17-12(10)13(19-16)14-11(15)9-18-20(14)7-8-21-2/h4-6,9,13,19H,3,7-8,16H2,1-2H3. The maximum atomic E-state index is 5.80. The molecule has 0 aliphatic rings. The molecule has 3 N–H and O–H groups in total. The smallest absolute Gasteiger partial charge is 0.106 e.